The van der Waals surface area contributed by atoms with Gasteiger partial charge in [0, 0.05) is 44.0 Å². The lowest BCUT2D eigenvalue weighted by Gasteiger charge is -2.22. The van der Waals surface area contributed by atoms with E-state index in [9.17, 15) is 14.7 Å². The summed E-state index contributed by atoms with van der Waals surface area (Å²) < 4.78 is 18.7. The smallest absolute Gasteiger partial charge is 0.341 e. The summed E-state index contributed by atoms with van der Waals surface area (Å²) >= 11 is 6.44. The summed E-state index contributed by atoms with van der Waals surface area (Å²) in [5.74, 6) is 0.138. The van der Waals surface area contributed by atoms with Gasteiger partial charge in [0.1, 0.15) is 23.7 Å². The fraction of sp³-hybridized carbons (Fsp3) is 0.455. The van der Waals surface area contributed by atoms with Crippen LogP contribution < -0.4 is 14.9 Å². The van der Waals surface area contributed by atoms with Crippen molar-refractivity contribution in [2.24, 2.45) is 5.92 Å². The number of methoxy groups -OCH3 is 1. The number of hydrogen-bond donors (Lipinski definition) is 1. The minimum absolute atomic E-state index is 0.129. The first-order chi connectivity index (χ1) is 14.3. The second-order valence-corrected chi connectivity index (χ2v) is 8.12. The molecule has 2 aromatic rings. The molecule has 0 aliphatic carbocycles. The highest BCUT2D eigenvalue weighted by molar-refractivity contribution is 6.32. The Bertz CT molecular complexity index is 984. The first kappa shape index (κ1) is 22.2. The molecule has 0 radical (unpaired) electrons. The van der Waals surface area contributed by atoms with Gasteiger partial charge in [-0.05, 0) is 18.4 Å². The molecule has 0 bridgehead atoms. The topological polar surface area (TPSA) is 87.0 Å². The van der Waals surface area contributed by atoms with Gasteiger partial charge in [-0.15, -0.1) is 0 Å². The van der Waals surface area contributed by atoms with Crippen LogP contribution in [0.3, 0.4) is 0 Å². The molecular formula is C22H26ClNO6. The van der Waals surface area contributed by atoms with Crippen molar-refractivity contribution in [3.05, 3.63) is 45.2 Å². The third-order valence-corrected chi connectivity index (χ3v) is 5.23. The maximum absolute atomic E-state index is 12.4. The number of hydrogen-bond acceptors (Lipinski definition) is 5. The monoisotopic (exact) mass is 435 g/mol. The zero-order chi connectivity index (χ0) is 21.8. The molecule has 1 aromatic heterocycles. The quantitative estimate of drug-likeness (QED) is 0.623. The lowest BCUT2D eigenvalue weighted by atomic mass is 10.0. The van der Waals surface area contributed by atoms with Gasteiger partial charge in [-0.25, -0.2) is 4.79 Å². The minimum Gasteiger partial charge on any atom is -0.492 e. The van der Waals surface area contributed by atoms with Crippen molar-refractivity contribution < 1.29 is 24.1 Å². The second-order valence-electron chi connectivity index (χ2n) is 7.72. The number of nitrogens with zero attached hydrogens (tertiary/aromatic N) is 1. The van der Waals surface area contributed by atoms with E-state index in [0.29, 0.717) is 53.5 Å². The third-order valence-electron chi connectivity index (χ3n) is 4.94. The number of rotatable bonds is 8. The summed E-state index contributed by atoms with van der Waals surface area (Å²) in [5, 5.41) is 9.80. The zero-order valence-corrected chi connectivity index (χ0v) is 18.1. The lowest BCUT2D eigenvalue weighted by Crippen LogP contribution is -2.23. The largest absolute Gasteiger partial charge is 0.492 e. The van der Waals surface area contributed by atoms with Crippen LogP contribution in [-0.2, 0) is 4.74 Å². The first-order valence-corrected chi connectivity index (χ1v) is 10.3. The summed E-state index contributed by atoms with van der Waals surface area (Å²) in [6.07, 6.45) is 2.89. The van der Waals surface area contributed by atoms with E-state index < -0.39 is 11.4 Å². The number of ether oxygens (including phenoxy) is 3. The average Bonchev–Trinajstić information content (AvgIpc) is 2.81. The van der Waals surface area contributed by atoms with Gasteiger partial charge in [-0.2, -0.15) is 0 Å². The maximum atomic E-state index is 12.4. The van der Waals surface area contributed by atoms with Crippen LogP contribution in [0.5, 0.6) is 11.5 Å². The highest BCUT2D eigenvalue weighted by Crippen LogP contribution is 2.42. The van der Waals surface area contributed by atoms with Crippen LogP contribution in [0.15, 0.2) is 29.2 Å². The van der Waals surface area contributed by atoms with Crippen molar-refractivity contribution in [3.63, 3.8) is 0 Å². The summed E-state index contributed by atoms with van der Waals surface area (Å²) in [5.41, 5.74) is 0.390. The van der Waals surface area contributed by atoms with Crippen LogP contribution in [0.1, 0.15) is 43.1 Å². The molecule has 3 rings (SSSR count). The van der Waals surface area contributed by atoms with E-state index in [1.807, 2.05) is 4.57 Å². The van der Waals surface area contributed by atoms with E-state index in [4.69, 9.17) is 25.8 Å². The zero-order valence-electron chi connectivity index (χ0n) is 17.3. The summed E-state index contributed by atoms with van der Waals surface area (Å²) in [6.45, 7) is 5.53. The van der Waals surface area contributed by atoms with Gasteiger partial charge in [0.15, 0.2) is 5.43 Å². The Hall–Kier alpha value is -2.51. The molecule has 0 amide bonds. The van der Waals surface area contributed by atoms with Crippen molar-refractivity contribution in [2.45, 2.75) is 32.7 Å². The van der Waals surface area contributed by atoms with E-state index in [2.05, 4.69) is 13.8 Å². The van der Waals surface area contributed by atoms with Crippen molar-refractivity contribution in [1.82, 2.24) is 4.57 Å². The standard InChI is InChI=1S/C22H26ClNO6/c1-13(2)7-14-12-30-20-10-21(29-6-4-5-28-3)17(23)8-15(20)18-9-19(25)16(22(26)27)11-24(14)18/h8-11,13-14H,4-7,12H2,1-3H3,(H,26,27)/t14-/m1/s1. The van der Waals surface area contributed by atoms with Gasteiger partial charge < -0.3 is 23.9 Å². The highest BCUT2D eigenvalue weighted by Gasteiger charge is 2.26. The third kappa shape index (κ3) is 4.79. The number of fused-ring (bicyclic) bond motifs is 3. The van der Waals surface area contributed by atoms with Gasteiger partial charge in [0.05, 0.1) is 23.4 Å². The van der Waals surface area contributed by atoms with Crippen LogP contribution >= 0.6 is 11.6 Å². The molecule has 8 heteroatoms. The second kappa shape index (κ2) is 9.53. The van der Waals surface area contributed by atoms with E-state index in [1.54, 1.807) is 19.2 Å². The van der Waals surface area contributed by atoms with E-state index >= 15 is 0 Å². The Balaban J connectivity index is 2.08. The van der Waals surface area contributed by atoms with Gasteiger partial charge >= 0.3 is 5.97 Å². The molecule has 1 N–H and O–H groups in total. The molecule has 1 aromatic carbocycles. The van der Waals surface area contributed by atoms with Crippen LogP contribution in [-0.4, -0.2) is 42.6 Å². The van der Waals surface area contributed by atoms with Gasteiger partial charge in [0.2, 0.25) is 0 Å². The Morgan fingerprint density at radius 1 is 1.33 bits per heavy atom. The molecule has 1 aliphatic rings. The van der Waals surface area contributed by atoms with E-state index in [0.717, 1.165) is 12.8 Å². The summed E-state index contributed by atoms with van der Waals surface area (Å²) in [6, 6.07) is 4.64. The Morgan fingerprint density at radius 3 is 2.77 bits per heavy atom. The minimum atomic E-state index is -1.25. The number of benzene rings is 1. The number of pyridine rings is 1. The molecule has 0 fully saturated rings. The van der Waals surface area contributed by atoms with Crippen molar-refractivity contribution in [3.8, 4) is 22.8 Å². The van der Waals surface area contributed by atoms with Crippen LogP contribution in [0.25, 0.3) is 11.3 Å². The Morgan fingerprint density at radius 2 is 2.10 bits per heavy atom. The number of aromatic nitrogens is 1. The number of aromatic carboxylic acids is 1. The predicted octanol–water partition coefficient (Wildman–Crippen LogP) is 4.26. The molecule has 0 spiro atoms. The Kier molecular flexibility index (Phi) is 7.05. The molecule has 0 saturated carbocycles. The number of carboxylic acids is 1. The number of carbonyl (C=O) groups is 1. The molecule has 162 valence electrons. The molecule has 0 unspecified atom stereocenters. The van der Waals surface area contributed by atoms with E-state index in [1.165, 1.54) is 12.3 Å². The first-order valence-electron chi connectivity index (χ1n) is 9.89. The molecule has 2 heterocycles. The normalized spacial score (nSPS) is 15.2. The van der Waals surface area contributed by atoms with Gasteiger partial charge in [-0.3, -0.25) is 4.79 Å². The van der Waals surface area contributed by atoms with Gasteiger partial charge in [0.25, 0.3) is 0 Å². The molecule has 0 saturated heterocycles. The SMILES string of the molecule is COCCCOc1cc2c(cc1Cl)-c1cc(=O)c(C(=O)O)cn1[C@H](CC(C)C)CO2. The van der Waals surface area contributed by atoms with Crippen LogP contribution in [0.4, 0.5) is 0 Å². The van der Waals surface area contributed by atoms with Crippen molar-refractivity contribution >= 4 is 17.6 Å². The average molecular weight is 436 g/mol. The predicted molar refractivity (Wildman–Crippen MR) is 114 cm³/mol. The van der Waals surface area contributed by atoms with Crippen molar-refractivity contribution in [2.75, 3.05) is 26.9 Å². The van der Waals surface area contributed by atoms with Crippen molar-refractivity contribution in [1.29, 1.82) is 0 Å². The number of carboxylic acid groups (broad SMARTS) is 1. The van der Waals surface area contributed by atoms with Gasteiger partial charge in [-0.1, -0.05) is 25.4 Å². The fourth-order valence-electron chi connectivity index (χ4n) is 3.57. The summed E-state index contributed by atoms with van der Waals surface area (Å²) in [4.78, 5) is 24.0. The maximum Gasteiger partial charge on any atom is 0.341 e. The Labute approximate surface area is 180 Å². The fourth-order valence-corrected chi connectivity index (χ4v) is 3.79. The van der Waals surface area contributed by atoms with Crippen LogP contribution in [0, 0.1) is 5.92 Å². The molecule has 1 aliphatic heterocycles. The van der Waals surface area contributed by atoms with Crippen LogP contribution in [0.2, 0.25) is 5.02 Å². The molecular weight excluding hydrogens is 410 g/mol. The number of halogens is 1. The highest BCUT2D eigenvalue weighted by atomic mass is 35.5. The van der Waals surface area contributed by atoms with E-state index in [-0.39, 0.29) is 11.6 Å². The lowest BCUT2D eigenvalue weighted by molar-refractivity contribution is 0.0694. The molecule has 7 nitrogen and oxygen atoms in total. The molecule has 1 atom stereocenters. The molecule has 30 heavy (non-hydrogen) atoms. The summed E-state index contributed by atoms with van der Waals surface area (Å²) in [7, 11) is 1.63.